The van der Waals surface area contributed by atoms with Crippen LogP contribution in [0.25, 0.3) is 16.7 Å². The molecule has 2 aromatic heterocycles. The van der Waals surface area contributed by atoms with Gasteiger partial charge in [-0.25, -0.2) is 19.0 Å². The van der Waals surface area contributed by atoms with Crippen LogP contribution in [-0.4, -0.2) is 57.9 Å². The fourth-order valence-corrected chi connectivity index (χ4v) is 4.27. The van der Waals surface area contributed by atoms with Crippen molar-refractivity contribution in [2.75, 3.05) is 37.4 Å². The smallest absolute Gasteiger partial charge is 0.168 e. The quantitative estimate of drug-likeness (QED) is 0.482. The van der Waals surface area contributed by atoms with E-state index in [0.717, 1.165) is 24.2 Å². The lowest BCUT2D eigenvalue weighted by Gasteiger charge is -2.22. The van der Waals surface area contributed by atoms with E-state index in [-0.39, 0.29) is 5.02 Å². The molecule has 164 valence electrons. The Bertz CT molecular complexity index is 1260. The van der Waals surface area contributed by atoms with E-state index in [4.69, 9.17) is 11.6 Å². The number of aromatic nitrogens is 4. The lowest BCUT2D eigenvalue weighted by atomic mass is 10.2. The zero-order valence-electron chi connectivity index (χ0n) is 17.8. The maximum Gasteiger partial charge on any atom is 0.168 e. The van der Waals surface area contributed by atoms with Gasteiger partial charge >= 0.3 is 0 Å². The average molecular weight is 452 g/mol. The average Bonchev–Trinajstić information content (AvgIpc) is 3.44. The predicted octanol–water partition coefficient (Wildman–Crippen LogP) is 4.49. The Labute approximate surface area is 190 Å². The van der Waals surface area contributed by atoms with E-state index in [2.05, 4.69) is 68.5 Å². The molecule has 0 amide bonds. The summed E-state index contributed by atoms with van der Waals surface area (Å²) in [7, 11) is 4.27. The lowest BCUT2D eigenvalue weighted by molar-refractivity contribution is 0.315. The molecule has 4 aromatic rings. The van der Waals surface area contributed by atoms with Crippen LogP contribution in [-0.2, 0) is 0 Å². The van der Waals surface area contributed by atoms with Crippen LogP contribution in [0.1, 0.15) is 6.42 Å². The number of rotatable bonds is 5. The second kappa shape index (κ2) is 8.37. The van der Waals surface area contributed by atoms with E-state index in [9.17, 15) is 4.39 Å². The number of nitrogens with zero attached hydrogens (tertiary/aromatic N) is 6. The van der Waals surface area contributed by atoms with Gasteiger partial charge in [-0.05, 0) is 63.0 Å². The number of benzene rings is 2. The Kier molecular flexibility index (Phi) is 5.40. The number of anilines is 3. The Hall–Kier alpha value is -3.23. The van der Waals surface area contributed by atoms with Crippen LogP contribution in [0.2, 0.25) is 5.02 Å². The number of hydrogen-bond donors (Lipinski definition) is 1. The zero-order valence-corrected chi connectivity index (χ0v) is 18.6. The van der Waals surface area contributed by atoms with Gasteiger partial charge in [0.2, 0.25) is 0 Å². The molecule has 0 radical (unpaired) electrons. The SMILES string of the molecule is CN(C)[C@@H]1CCN(c2ccc(-n3ncc4c(Nc5ccc(F)cc5Cl)ncnc43)cc2)C1. The van der Waals surface area contributed by atoms with Crippen molar-refractivity contribution in [3.05, 3.63) is 65.8 Å². The van der Waals surface area contributed by atoms with Gasteiger partial charge < -0.3 is 15.1 Å². The summed E-state index contributed by atoms with van der Waals surface area (Å²) in [5, 5.41) is 8.70. The van der Waals surface area contributed by atoms with E-state index in [1.54, 1.807) is 16.9 Å². The van der Waals surface area contributed by atoms with Crippen LogP contribution in [0.3, 0.4) is 0 Å². The predicted molar refractivity (Wildman–Crippen MR) is 126 cm³/mol. The second-order valence-electron chi connectivity index (χ2n) is 8.13. The van der Waals surface area contributed by atoms with E-state index < -0.39 is 5.82 Å². The van der Waals surface area contributed by atoms with Crippen molar-refractivity contribution in [3.8, 4) is 5.69 Å². The molecular formula is C23H23ClFN7. The van der Waals surface area contributed by atoms with Crippen LogP contribution < -0.4 is 10.2 Å². The zero-order chi connectivity index (χ0) is 22.2. The first-order valence-corrected chi connectivity index (χ1v) is 10.8. The third kappa shape index (κ3) is 3.87. The summed E-state index contributed by atoms with van der Waals surface area (Å²) in [6.07, 6.45) is 4.36. The Morgan fingerprint density at radius 2 is 1.88 bits per heavy atom. The molecule has 0 aliphatic carbocycles. The maximum atomic E-state index is 13.4. The molecule has 1 fully saturated rings. The molecule has 1 N–H and O–H groups in total. The van der Waals surface area contributed by atoms with Crippen molar-refractivity contribution >= 4 is 39.8 Å². The molecule has 9 heteroatoms. The molecule has 1 saturated heterocycles. The topological polar surface area (TPSA) is 62.1 Å². The molecule has 2 aromatic carbocycles. The van der Waals surface area contributed by atoms with Crippen molar-refractivity contribution in [2.24, 2.45) is 0 Å². The van der Waals surface area contributed by atoms with Crippen LogP contribution in [0.15, 0.2) is 55.0 Å². The van der Waals surface area contributed by atoms with Gasteiger partial charge in [-0.1, -0.05) is 11.6 Å². The number of fused-ring (bicyclic) bond motifs is 1. The Balaban J connectivity index is 1.41. The Morgan fingerprint density at radius 1 is 1.09 bits per heavy atom. The minimum absolute atomic E-state index is 0.276. The van der Waals surface area contributed by atoms with Crippen LogP contribution >= 0.6 is 11.6 Å². The lowest BCUT2D eigenvalue weighted by Crippen LogP contribution is -2.31. The summed E-state index contributed by atoms with van der Waals surface area (Å²) in [5.41, 5.74) is 3.35. The molecule has 1 aliphatic heterocycles. The van der Waals surface area contributed by atoms with Gasteiger partial charge in [0.05, 0.1) is 28.0 Å². The van der Waals surface area contributed by atoms with Crippen LogP contribution in [0.4, 0.5) is 21.6 Å². The normalized spacial score (nSPS) is 16.3. The van der Waals surface area contributed by atoms with Crippen molar-refractivity contribution in [2.45, 2.75) is 12.5 Å². The van der Waals surface area contributed by atoms with Crippen molar-refractivity contribution in [1.82, 2.24) is 24.6 Å². The fraction of sp³-hybridized carbons (Fsp3) is 0.261. The van der Waals surface area contributed by atoms with Gasteiger partial charge in [0.1, 0.15) is 18.0 Å². The van der Waals surface area contributed by atoms with Gasteiger partial charge in [0, 0.05) is 24.8 Å². The first-order chi connectivity index (χ1) is 15.5. The summed E-state index contributed by atoms with van der Waals surface area (Å²) in [4.78, 5) is 13.4. The molecule has 0 saturated carbocycles. The van der Waals surface area contributed by atoms with Crippen LogP contribution in [0.5, 0.6) is 0 Å². The van der Waals surface area contributed by atoms with Gasteiger partial charge in [-0.3, -0.25) is 0 Å². The molecule has 32 heavy (non-hydrogen) atoms. The molecule has 1 atom stereocenters. The number of halogens is 2. The number of nitrogens with one attached hydrogen (secondary N) is 1. The molecule has 0 bridgehead atoms. The van der Waals surface area contributed by atoms with Crippen molar-refractivity contribution in [1.29, 1.82) is 0 Å². The first kappa shape index (κ1) is 20.7. The van der Waals surface area contributed by atoms with E-state index >= 15 is 0 Å². The van der Waals surface area contributed by atoms with Gasteiger partial charge in [0.25, 0.3) is 0 Å². The highest BCUT2D eigenvalue weighted by molar-refractivity contribution is 6.33. The summed E-state index contributed by atoms with van der Waals surface area (Å²) in [6, 6.07) is 13.1. The minimum atomic E-state index is -0.393. The highest BCUT2D eigenvalue weighted by Gasteiger charge is 2.24. The third-order valence-corrected chi connectivity index (χ3v) is 6.22. The highest BCUT2D eigenvalue weighted by Crippen LogP contribution is 2.30. The van der Waals surface area contributed by atoms with Crippen LogP contribution in [0, 0.1) is 5.82 Å². The van der Waals surface area contributed by atoms with Gasteiger partial charge in [-0.15, -0.1) is 0 Å². The molecular weight excluding hydrogens is 429 g/mol. The monoisotopic (exact) mass is 451 g/mol. The van der Waals surface area contributed by atoms with E-state index in [1.165, 1.54) is 30.6 Å². The summed E-state index contributed by atoms with van der Waals surface area (Å²) >= 11 is 6.15. The number of hydrogen-bond acceptors (Lipinski definition) is 6. The minimum Gasteiger partial charge on any atom is -0.370 e. The molecule has 5 rings (SSSR count). The molecule has 3 heterocycles. The number of likely N-dealkylation sites (N-methyl/N-ethyl adjacent to an activating group) is 1. The largest absolute Gasteiger partial charge is 0.370 e. The van der Waals surface area contributed by atoms with Gasteiger partial charge in [-0.2, -0.15) is 5.10 Å². The summed E-state index contributed by atoms with van der Waals surface area (Å²) < 4.78 is 15.1. The second-order valence-corrected chi connectivity index (χ2v) is 8.54. The maximum absolute atomic E-state index is 13.4. The summed E-state index contributed by atoms with van der Waals surface area (Å²) in [5.74, 6) is 0.161. The van der Waals surface area contributed by atoms with Gasteiger partial charge in [0.15, 0.2) is 5.65 Å². The van der Waals surface area contributed by atoms with Crippen molar-refractivity contribution in [3.63, 3.8) is 0 Å². The van der Waals surface area contributed by atoms with E-state index in [1.807, 2.05) is 0 Å². The first-order valence-electron chi connectivity index (χ1n) is 10.4. The molecule has 1 aliphatic rings. The molecule has 0 unspecified atom stereocenters. The fourth-order valence-electron chi connectivity index (χ4n) is 4.05. The molecule has 7 nitrogen and oxygen atoms in total. The Morgan fingerprint density at radius 3 is 2.59 bits per heavy atom. The standard InChI is InChI=1S/C23H23ClFN7/c1-30(2)18-9-10-31(13-18)16-4-6-17(7-5-16)32-23-19(12-28-32)22(26-14-27-23)29-21-8-3-15(25)11-20(21)24/h3-8,11-12,14,18H,9-10,13H2,1-2H3,(H,26,27,29)/t18-/m1/s1. The molecule has 0 spiro atoms. The van der Waals surface area contributed by atoms with E-state index in [0.29, 0.717) is 23.2 Å². The van der Waals surface area contributed by atoms with Crippen molar-refractivity contribution < 1.29 is 4.39 Å². The highest BCUT2D eigenvalue weighted by atomic mass is 35.5. The summed E-state index contributed by atoms with van der Waals surface area (Å²) in [6.45, 7) is 2.09. The third-order valence-electron chi connectivity index (χ3n) is 5.90.